The maximum absolute atomic E-state index is 12.2. The predicted octanol–water partition coefficient (Wildman–Crippen LogP) is 2.36. The first-order valence-electron chi connectivity index (χ1n) is 6.82. The SMILES string of the molecule is CN(C)CCNc1cc(C(=O)Nc2ccc(Cl)cc2)ncn1. The van der Waals surface area contributed by atoms with Gasteiger partial charge in [0.15, 0.2) is 0 Å². The lowest BCUT2D eigenvalue weighted by atomic mass is 10.3. The fourth-order valence-corrected chi connectivity index (χ4v) is 1.84. The molecule has 0 radical (unpaired) electrons. The second-order valence-electron chi connectivity index (χ2n) is 4.98. The molecule has 0 atom stereocenters. The Hall–Kier alpha value is -2.18. The van der Waals surface area contributed by atoms with E-state index < -0.39 is 0 Å². The summed E-state index contributed by atoms with van der Waals surface area (Å²) in [5, 5.41) is 6.53. The summed E-state index contributed by atoms with van der Waals surface area (Å²) in [5.41, 5.74) is 0.965. The van der Waals surface area contributed by atoms with Crippen LogP contribution in [-0.2, 0) is 0 Å². The summed E-state index contributed by atoms with van der Waals surface area (Å²) in [5.74, 6) is 0.332. The summed E-state index contributed by atoms with van der Waals surface area (Å²) in [7, 11) is 3.99. The summed E-state index contributed by atoms with van der Waals surface area (Å²) in [6.45, 7) is 1.61. The van der Waals surface area contributed by atoms with Crippen LogP contribution in [0.15, 0.2) is 36.7 Å². The number of anilines is 2. The molecule has 2 aromatic rings. The van der Waals surface area contributed by atoms with Crippen molar-refractivity contribution in [2.24, 2.45) is 0 Å². The van der Waals surface area contributed by atoms with Crippen molar-refractivity contribution < 1.29 is 4.79 Å². The Bertz CT molecular complexity index is 630. The van der Waals surface area contributed by atoms with E-state index in [9.17, 15) is 4.79 Å². The average molecular weight is 320 g/mol. The van der Waals surface area contributed by atoms with Gasteiger partial charge in [0.25, 0.3) is 5.91 Å². The molecule has 1 aromatic carbocycles. The van der Waals surface area contributed by atoms with Gasteiger partial charge in [-0.15, -0.1) is 0 Å². The molecule has 0 saturated heterocycles. The minimum absolute atomic E-state index is 0.291. The fourth-order valence-electron chi connectivity index (χ4n) is 1.71. The molecule has 0 aliphatic carbocycles. The molecular weight excluding hydrogens is 302 g/mol. The maximum atomic E-state index is 12.2. The minimum Gasteiger partial charge on any atom is -0.369 e. The van der Waals surface area contributed by atoms with Crippen LogP contribution in [-0.4, -0.2) is 48.0 Å². The van der Waals surface area contributed by atoms with Crippen LogP contribution in [0.1, 0.15) is 10.5 Å². The van der Waals surface area contributed by atoms with Crippen LogP contribution in [0.2, 0.25) is 5.02 Å². The second kappa shape index (κ2) is 7.72. The molecule has 0 bridgehead atoms. The summed E-state index contributed by atoms with van der Waals surface area (Å²) in [6.07, 6.45) is 1.37. The number of halogens is 1. The zero-order chi connectivity index (χ0) is 15.9. The first-order valence-corrected chi connectivity index (χ1v) is 7.20. The van der Waals surface area contributed by atoms with Gasteiger partial charge in [-0.1, -0.05) is 11.6 Å². The normalized spacial score (nSPS) is 10.5. The second-order valence-corrected chi connectivity index (χ2v) is 5.42. The van der Waals surface area contributed by atoms with Gasteiger partial charge in [-0.2, -0.15) is 0 Å². The third-order valence-corrected chi connectivity index (χ3v) is 3.12. The molecule has 2 rings (SSSR count). The number of aromatic nitrogens is 2. The van der Waals surface area contributed by atoms with Gasteiger partial charge in [-0.3, -0.25) is 4.79 Å². The monoisotopic (exact) mass is 319 g/mol. The first-order chi connectivity index (χ1) is 10.5. The average Bonchev–Trinajstić information content (AvgIpc) is 2.49. The molecule has 0 aliphatic rings. The van der Waals surface area contributed by atoms with Crippen molar-refractivity contribution in [1.29, 1.82) is 0 Å². The van der Waals surface area contributed by atoms with Gasteiger partial charge in [-0.05, 0) is 38.4 Å². The number of hydrogen-bond acceptors (Lipinski definition) is 5. The van der Waals surface area contributed by atoms with Gasteiger partial charge in [0.2, 0.25) is 0 Å². The number of benzene rings is 1. The smallest absolute Gasteiger partial charge is 0.274 e. The topological polar surface area (TPSA) is 70.2 Å². The van der Waals surface area contributed by atoms with Crippen molar-refractivity contribution in [3.05, 3.63) is 47.4 Å². The van der Waals surface area contributed by atoms with Gasteiger partial charge >= 0.3 is 0 Å². The van der Waals surface area contributed by atoms with Crippen LogP contribution in [0.5, 0.6) is 0 Å². The van der Waals surface area contributed by atoms with Crippen LogP contribution in [0, 0.1) is 0 Å². The van der Waals surface area contributed by atoms with Gasteiger partial charge in [0.1, 0.15) is 17.8 Å². The molecule has 0 aliphatic heterocycles. The van der Waals surface area contributed by atoms with E-state index in [0.717, 1.165) is 13.1 Å². The first kappa shape index (κ1) is 16.2. The lowest BCUT2D eigenvalue weighted by molar-refractivity contribution is 0.102. The number of nitrogens with zero attached hydrogens (tertiary/aromatic N) is 3. The molecule has 0 spiro atoms. The standard InChI is InChI=1S/C15H18ClN5O/c1-21(2)8-7-17-14-9-13(18-10-19-14)15(22)20-12-5-3-11(16)4-6-12/h3-6,9-10H,7-8H2,1-2H3,(H,20,22)(H,17,18,19). The molecule has 0 saturated carbocycles. The molecule has 1 aromatic heterocycles. The quantitative estimate of drug-likeness (QED) is 0.855. The van der Waals surface area contributed by atoms with E-state index in [-0.39, 0.29) is 5.91 Å². The molecule has 1 heterocycles. The van der Waals surface area contributed by atoms with E-state index >= 15 is 0 Å². The van der Waals surface area contributed by atoms with E-state index in [1.165, 1.54) is 6.33 Å². The lowest BCUT2D eigenvalue weighted by Gasteiger charge is -2.11. The van der Waals surface area contributed by atoms with E-state index in [0.29, 0.717) is 22.2 Å². The number of likely N-dealkylation sites (N-methyl/N-ethyl adjacent to an activating group) is 1. The van der Waals surface area contributed by atoms with E-state index in [4.69, 9.17) is 11.6 Å². The van der Waals surface area contributed by atoms with E-state index in [2.05, 4.69) is 25.5 Å². The molecule has 22 heavy (non-hydrogen) atoms. The number of hydrogen-bond donors (Lipinski definition) is 2. The number of nitrogens with one attached hydrogen (secondary N) is 2. The largest absolute Gasteiger partial charge is 0.369 e. The summed E-state index contributed by atoms with van der Waals surface area (Å²) < 4.78 is 0. The van der Waals surface area contributed by atoms with Crippen molar-refractivity contribution in [2.45, 2.75) is 0 Å². The van der Waals surface area contributed by atoms with Gasteiger partial charge in [-0.25, -0.2) is 9.97 Å². The van der Waals surface area contributed by atoms with E-state index in [1.54, 1.807) is 30.3 Å². The predicted molar refractivity (Wildman–Crippen MR) is 88.5 cm³/mol. The Kier molecular flexibility index (Phi) is 5.68. The number of rotatable bonds is 6. The zero-order valence-electron chi connectivity index (χ0n) is 12.5. The van der Waals surface area contributed by atoms with Crippen LogP contribution in [0.4, 0.5) is 11.5 Å². The Morgan fingerprint density at radius 2 is 1.95 bits per heavy atom. The highest BCUT2D eigenvalue weighted by molar-refractivity contribution is 6.30. The molecule has 116 valence electrons. The third-order valence-electron chi connectivity index (χ3n) is 2.87. The molecule has 6 nitrogen and oxygen atoms in total. The Morgan fingerprint density at radius 3 is 2.64 bits per heavy atom. The van der Waals surface area contributed by atoms with Gasteiger partial charge in [0.05, 0.1) is 0 Å². The number of amides is 1. The van der Waals surface area contributed by atoms with Crippen molar-refractivity contribution in [3.63, 3.8) is 0 Å². The Labute approximate surface area is 134 Å². The highest BCUT2D eigenvalue weighted by Crippen LogP contribution is 2.14. The number of carbonyl (C=O) groups is 1. The molecule has 0 fully saturated rings. The molecule has 0 unspecified atom stereocenters. The fraction of sp³-hybridized carbons (Fsp3) is 0.267. The van der Waals surface area contributed by atoms with Crippen molar-refractivity contribution in [2.75, 3.05) is 37.8 Å². The van der Waals surface area contributed by atoms with Gasteiger partial charge < -0.3 is 15.5 Å². The van der Waals surface area contributed by atoms with Crippen molar-refractivity contribution >= 4 is 29.0 Å². The minimum atomic E-state index is -0.291. The molecular formula is C15H18ClN5O. The van der Waals surface area contributed by atoms with Crippen molar-refractivity contribution in [3.8, 4) is 0 Å². The van der Waals surface area contributed by atoms with Crippen LogP contribution in [0.3, 0.4) is 0 Å². The molecule has 1 amide bonds. The van der Waals surface area contributed by atoms with Crippen LogP contribution < -0.4 is 10.6 Å². The van der Waals surface area contributed by atoms with Crippen LogP contribution >= 0.6 is 11.6 Å². The third kappa shape index (κ3) is 4.98. The van der Waals surface area contributed by atoms with Crippen molar-refractivity contribution in [1.82, 2.24) is 14.9 Å². The lowest BCUT2D eigenvalue weighted by Crippen LogP contribution is -2.21. The summed E-state index contributed by atoms with van der Waals surface area (Å²) in [4.78, 5) is 22.3. The van der Waals surface area contributed by atoms with Gasteiger partial charge in [0, 0.05) is 29.9 Å². The zero-order valence-corrected chi connectivity index (χ0v) is 13.3. The summed E-state index contributed by atoms with van der Waals surface area (Å²) in [6, 6.07) is 8.52. The van der Waals surface area contributed by atoms with Crippen LogP contribution in [0.25, 0.3) is 0 Å². The number of carbonyl (C=O) groups excluding carboxylic acids is 1. The van der Waals surface area contributed by atoms with E-state index in [1.807, 2.05) is 14.1 Å². The maximum Gasteiger partial charge on any atom is 0.274 e. The Morgan fingerprint density at radius 1 is 1.23 bits per heavy atom. The highest BCUT2D eigenvalue weighted by Gasteiger charge is 2.09. The summed E-state index contributed by atoms with van der Waals surface area (Å²) >= 11 is 5.81. The molecule has 2 N–H and O–H groups in total. The molecule has 7 heteroatoms. The highest BCUT2D eigenvalue weighted by atomic mass is 35.5. The Balaban J connectivity index is 1.99.